The van der Waals surface area contributed by atoms with Gasteiger partial charge in [-0.05, 0) is 56.9 Å². The van der Waals surface area contributed by atoms with Crippen molar-refractivity contribution in [3.8, 4) is 11.5 Å². The normalized spacial score (nSPS) is 19.2. The van der Waals surface area contributed by atoms with Crippen molar-refractivity contribution in [3.05, 3.63) is 24.3 Å². The zero-order valence-electron chi connectivity index (χ0n) is 13.6. The second-order valence-corrected chi connectivity index (χ2v) is 5.51. The molecule has 1 saturated heterocycles. The van der Waals surface area contributed by atoms with E-state index in [9.17, 15) is 13.6 Å². The summed E-state index contributed by atoms with van der Waals surface area (Å²) < 4.78 is 44.1. The molecule has 134 valence electrons. The molecule has 1 atom stereocenters. The molecule has 24 heavy (non-hydrogen) atoms. The number of ether oxygens (including phenoxy) is 4. The van der Waals surface area contributed by atoms with Gasteiger partial charge in [-0.15, -0.1) is 0 Å². The standard InChI is InChI=1S/C17H22F2O5/c1-2-21-15(20)17(12-23-17)10-4-3-5-11-22-13-6-8-14(9-7-13)24-16(18)19/h6-9,16H,2-5,10-12H2,1H3. The zero-order valence-corrected chi connectivity index (χ0v) is 13.6. The third kappa shape index (κ3) is 5.63. The number of alkyl halides is 2. The average molecular weight is 344 g/mol. The highest BCUT2D eigenvalue weighted by molar-refractivity contribution is 5.82. The van der Waals surface area contributed by atoms with Gasteiger partial charge in [0.15, 0.2) is 5.60 Å². The Labute approximate surface area is 139 Å². The Morgan fingerprint density at radius 1 is 1.21 bits per heavy atom. The van der Waals surface area contributed by atoms with Crippen molar-refractivity contribution in [1.82, 2.24) is 0 Å². The summed E-state index contributed by atoms with van der Waals surface area (Å²) in [7, 11) is 0. The summed E-state index contributed by atoms with van der Waals surface area (Å²) in [5.74, 6) is 0.434. The quantitative estimate of drug-likeness (QED) is 0.349. The second-order valence-electron chi connectivity index (χ2n) is 5.51. The summed E-state index contributed by atoms with van der Waals surface area (Å²) in [5, 5.41) is 0. The van der Waals surface area contributed by atoms with Crippen LogP contribution >= 0.6 is 0 Å². The summed E-state index contributed by atoms with van der Waals surface area (Å²) in [6.07, 6.45) is 3.24. The summed E-state index contributed by atoms with van der Waals surface area (Å²) in [5.41, 5.74) is -0.711. The first-order chi connectivity index (χ1) is 11.6. The highest BCUT2D eigenvalue weighted by Gasteiger charge is 2.52. The first-order valence-electron chi connectivity index (χ1n) is 8.04. The molecule has 1 unspecified atom stereocenters. The van der Waals surface area contributed by atoms with Crippen LogP contribution in [0.25, 0.3) is 0 Å². The lowest BCUT2D eigenvalue weighted by Gasteiger charge is -2.11. The van der Waals surface area contributed by atoms with E-state index in [2.05, 4.69) is 4.74 Å². The van der Waals surface area contributed by atoms with Gasteiger partial charge in [0, 0.05) is 0 Å². The lowest BCUT2D eigenvalue weighted by Crippen LogP contribution is -2.27. The van der Waals surface area contributed by atoms with Crippen LogP contribution in [0.5, 0.6) is 11.5 Å². The van der Waals surface area contributed by atoms with Gasteiger partial charge in [0.05, 0.1) is 19.8 Å². The number of epoxide rings is 1. The van der Waals surface area contributed by atoms with Crippen LogP contribution in [0.1, 0.15) is 32.6 Å². The summed E-state index contributed by atoms with van der Waals surface area (Å²) in [4.78, 5) is 11.7. The van der Waals surface area contributed by atoms with Crippen molar-refractivity contribution in [2.24, 2.45) is 0 Å². The van der Waals surface area contributed by atoms with E-state index in [1.807, 2.05) is 0 Å². The Hall–Kier alpha value is -1.89. The molecule has 0 saturated carbocycles. The number of hydrogen-bond donors (Lipinski definition) is 0. The predicted molar refractivity (Wildman–Crippen MR) is 82.4 cm³/mol. The third-order valence-electron chi connectivity index (χ3n) is 3.68. The van der Waals surface area contributed by atoms with Crippen molar-refractivity contribution in [2.45, 2.75) is 44.8 Å². The molecule has 0 bridgehead atoms. The first-order valence-corrected chi connectivity index (χ1v) is 8.04. The predicted octanol–water partition coefficient (Wildman–Crippen LogP) is 3.56. The van der Waals surface area contributed by atoms with Gasteiger partial charge in [-0.25, -0.2) is 4.79 Å². The highest BCUT2D eigenvalue weighted by atomic mass is 19.3. The van der Waals surface area contributed by atoms with Gasteiger partial charge in [0.2, 0.25) is 0 Å². The molecule has 7 heteroatoms. The lowest BCUT2D eigenvalue weighted by molar-refractivity contribution is -0.149. The van der Waals surface area contributed by atoms with Crippen LogP contribution in [0.15, 0.2) is 24.3 Å². The summed E-state index contributed by atoms with van der Waals surface area (Å²) in [6, 6.07) is 6.06. The van der Waals surface area contributed by atoms with Crippen LogP contribution in [0, 0.1) is 0 Å². The fourth-order valence-electron chi connectivity index (χ4n) is 2.31. The van der Waals surface area contributed by atoms with Crippen molar-refractivity contribution >= 4 is 5.97 Å². The molecule has 1 fully saturated rings. The molecular formula is C17H22F2O5. The Bertz CT molecular complexity index is 514. The minimum atomic E-state index is -2.83. The minimum absolute atomic E-state index is 0.103. The van der Waals surface area contributed by atoms with E-state index in [0.29, 0.717) is 32.0 Å². The van der Waals surface area contributed by atoms with Crippen molar-refractivity contribution in [1.29, 1.82) is 0 Å². The van der Waals surface area contributed by atoms with E-state index in [1.54, 1.807) is 19.1 Å². The number of esters is 1. The molecule has 1 aromatic rings. The Kier molecular flexibility index (Phi) is 6.78. The van der Waals surface area contributed by atoms with Gasteiger partial charge in [0.25, 0.3) is 0 Å². The van der Waals surface area contributed by atoms with Crippen LogP contribution in [0.3, 0.4) is 0 Å². The summed E-state index contributed by atoms with van der Waals surface area (Å²) in [6.45, 7) is 0.263. The SMILES string of the molecule is CCOC(=O)C1(CCCCCOc2ccc(OC(F)F)cc2)CO1. The number of halogens is 2. The number of unbranched alkanes of at least 4 members (excludes halogenated alkanes) is 2. The summed E-state index contributed by atoms with van der Waals surface area (Å²) >= 11 is 0. The number of carbonyl (C=O) groups is 1. The molecule has 0 radical (unpaired) electrons. The number of benzene rings is 1. The number of carbonyl (C=O) groups excluding carboxylic acids is 1. The molecule has 0 aromatic heterocycles. The average Bonchev–Trinajstić information content (AvgIpc) is 3.33. The Balaban J connectivity index is 1.58. The maximum absolute atomic E-state index is 12.0. The maximum atomic E-state index is 12.0. The molecule has 0 spiro atoms. The molecule has 1 heterocycles. The molecular weight excluding hydrogens is 322 g/mol. The van der Waals surface area contributed by atoms with E-state index < -0.39 is 12.2 Å². The van der Waals surface area contributed by atoms with Gasteiger partial charge >= 0.3 is 12.6 Å². The fraction of sp³-hybridized carbons (Fsp3) is 0.588. The Morgan fingerprint density at radius 3 is 2.46 bits per heavy atom. The van der Waals surface area contributed by atoms with E-state index in [1.165, 1.54) is 12.1 Å². The monoisotopic (exact) mass is 344 g/mol. The van der Waals surface area contributed by atoms with Gasteiger partial charge in [-0.2, -0.15) is 8.78 Å². The molecule has 5 nitrogen and oxygen atoms in total. The Morgan fingerprint density at radius 2 is 1.88 bits per heavy atom. The molecule has 0 aliphatic carbocycles. The van der Waals surface area contributed by atoms with Crippen molar-refractivity contribution in [3.63, 3.8) is 0 Å². The smallest absolute Gasteiger partial charge is 0.387 e. The van der Waals surface area contributed by atoms with Gasteiger partial charge in [-0.3, -0.25) is 0 Å². The minimum Gasteiger partial charge on any atom is -0.494 e. The zero-order chi connectivity index (χ0) is 17.4. The van der Waals surface area contributed by atoms with Crippen molar-refractivity contribution < 1.29 is 32.5 Å². The van der Waals surface area contributed by atoms with E-state index in [-0.39, 0.29) is 11.7 Å². The first kappa shape index (κ1) is 18.4. The highest BCUT2D eigenvalue weighted by Crippen LogP contribution is 2.34. The largest absolute Gasteiger partial charge is 0.494 e. The number of hydrogen-bond acceptors (Lipinski definition) is 5. The molecule has 1 aliphatic heterocycles. The molecule has 1 aromatic carbocycles. The molecule has 0 amide bonds. The maximum Gasteiger partial charge on any atom is 0.387 e. The van der Waals surface area contributed by atoms with Gasteiger partial charge < -0.3 is 18.9 Å². The molecule has 2 rings (SSSR count). The number of rotatable bonds is 11. The third-order valence-corrected chi connectivity index (χ3v) is 3.68. The van der Waals surface area contributed by atoms with Crippen LogP contribution in [-0.4, -0.2) is 38.0 Å². The van der Waals surface area contributed by atoms with Crippen LogP contribution in [0.2, 0.25) is 0 Å². The van der Waals surface area contributed by atoms with Crippen LogP contribution in [0.4, 0.5) is 8.78 Å². The molecule has 1 aliphatic rings. The van der Waals surface area contributed by atoms with Crippen molar-refractivity contribution in [2.75, 3.05) is 19.8 Å². The van der Waals surface area contributed by atoms with E-state index in [4.69, 9.17) is 14.2 Å². The van der Waals surface area contributed by atoms with E-state index >= 15 is 0 Å². The van der Waals surface area contributed by atoms with Crippen LogP contribution < -0.4 is 9.47 Å². The topological polar surface area (TPSA) is 57.3 Å². The molecule has 0 N–H and O–H groups in total. The van der Waals surface area contributed by atoms with E-state index in [0.717, 1.165) is 19.3 Å². The lowest BCUT2D eigenvalue weighted by atomic mass is 10.0. The fourth-order valence-corrected chi connectivity index (χ4v) is 2.31. The van der Waals surface area contributed by atoms with Gasteiger partial charge in [0.1, 0.15) is 11.5 Å². The van der Waals surface area contributed by atoms with Gasteiger partial charge in [-0.1, -0.05) is 0 Å². The van der Waals surface area contributed by atoms with Crippen LogP contribution in [-0.2, 0) is 14.3 Å². The second kappa shape index (κ2) is 8.82.